The first kappa shape index (κ1) is 38.7. The van der Waals surface area contributed by atoms with Gasteiger partial charge in [-0.3, -0.25) is 0 Å². The molecule has 0 unspecified atom stereocenters. The number of nitrogens with zero attached hydrogens (tertiary/aromatic N) is 1. The molecule has 0 spiro atoms. The number of hydrogen-bond donors (Lipinski definition) is 0. The molecule has 0 aliphatic heterocycles. The van der Waals surface area contributed by atoms with Crippen molar-refractivity contribution in [2.24, 2.45) is 0 Å². The zero-order valence-electron chi connectivity index (χ0n) is 36.9. The summed E-state index contributed by atoms with van der Waals surface area (Å²) in [6.07, 6.45) is 0. The Morgan fingerprint density at radius 2 is 0.912 bits per heavy atom. The Morgan fingerprint density at radius 1 is 0.353 bits per heavy atom. The highest BCUT2D eigenvalue weighted by atomic mass is 32.1. The fraction of sp³-hybridized carbons (Fsp3) is 0.0154. The van der Waals surface area contributed by atoms with Crippen LogP contribution in [0.1, 0.15) is 22.3 Å². The molecule has 2 aromatic heterocycles. The van der Waals surface area contributed by atoms with Crippen molar-refractivity contribution in [2.45, 2.75) is 5.41 Å². The molecule has 1 aliphatic carbocycles. The first-order chi connectivity index (χ1) is 33.7. The van der Waals surface area contributed by atoms with Gasteiger partial charge in [-0.15, -0.1) is 11.3 Å². The van der Waals surface area contributed by atoms with Crippen LogP contribution in [0, 0.1) is 0 Å². The molecule has 0 radical (unpaired) electrons. The van der Waals surface area contributed by atoms with Crippen LogP contribution in [-0.4, -0.2) is 0 Å². The fourth-order valence-electron chi connectivity index (χ4n) is 11.3. The van der Waals surface area contributed by atoms with Gasteiger partial charge in [0.1, 0.15) is 5.58 Å². The van der Waals surface area contributed by atoms with Gasteiger partial charge in [0, 0.05) is 47.7 Å². The Labute approximate surface area is 398 Å². The van der Waals surface area contributed by atoms with Crippen LogP contribution >= 0.6 is 11.3 Å². The first-order valence-corrected chi connectivity index (χ1v) is 24.1. The van der Waals surface area contributed by atoms with Gasteiger partial charge in [-0.2, -0.15) is 0 Å². The van der Waals surface area contributed by atoms with Crippen LogP contribution in [0.2, 0.25) is 0 Å². The average Bonchev–Trinajstić information content (AvgIpc) is 4.09. The summed E-state index contributed by atoms with van der Waals surface area (Å²) in [4.78, 5) is 2.36. The largest absolute Gasteiger partial charge is 0.453 e. The molecule has 3 heteroatoms. The summed E-state index contributed by atoms with van der Waals surface area (Å²) < 4.78 is 9.63. The standard InChI is InChI=1S/C65H41NOS/c1-3-16-46(17-4-1)65(47-18-5-2-6-19-47)57-25-11-9-22-56(57)62-50(23-13-26-58(62)65)44-31-37-49(38-32-44)66(59-27-14-24-54-55-40-33-43-15-7-8-20-51(43)63(55)67-64(54)59)48-35-29-42(30-36-48)45-34-39-53-52-21-10-12-28-60(52)68-61(53)41-45/h1-41H. The summed E-state index contributed by atoms with van der Waals surface area (Å²) in [5.74, 6) is 0. The highest BCUT2D eigenvalue weighted by Gasteiger charge is 2.46. The van der Waals surface area contributed by atoms with E-state index >= 15 is 0 Å². The van der Waals surface area contributed by atoms with E-state index in [2.05, 4.69) is 254 Å². The molecule has 318 valence electrons. The Balaban J connectivity index is 0.925. The van der Waals surface area contributed by atoms with Crippen LogP contribution in [0.3, 0.4) is 0 Å². The van der Waals surface area contributed by atoms with E-state index in [0.717, 1.165) is 55.3 Å². The van der Waals surface area contributed by atoms with Crippen LogP contribution in [0.25, 0.3) is 86.3 Å². The van der Waals surface area contributed by atoms with E-state index in [-0.39, 0.29) is 0 Å². The summed E-state index contributed by atoms with van der Waals surface area (Å²) >= 11 is 1.86. The van der Waals surface area contributed by atoms with E-state index < -0.39 is 5.41 Å². The van der Waals surface area contributed by atoms with Crippen molar-refractivity contribution >= 4 is 81.3 Å². The van der Waals surface area contributed by atoms with Crippen LogP contribution in [-0.2, 0) is 5.41 Å². The zero-order chi connectivity index (χ0) is 44.8. The van der Waals surface area contributed by atoms with Gasteiger partial charge in [0.25, 0.3) is 0 Å². The van der Waals surface area contributed by atoms with Gasteiger partial charge in [-0.05, 0) is 110 Å². The molecule has 14 rings (SSSR count). The smallest absolute Gasteiger partial charge is 0.159 e. The Bertz CT molecular complexity index is 4030. The lowest BCUT2D eigenvalue weighted by Crippen LogP contribution is -2.28. The number of fused-ring (bicyclic) bond motifs is 11. The third-order valence-corrected chi connectivity index (χ3v) is 15.5. The second-order valence-electron chi connectivity index (χ2n) is 17.9. The van der Waals surface area contributed by atoms with Gasteiger partial charge >= 0.3 is 0 Å². The van der Waals surface area contributed by atoms with Crippen LogP contribution in [0.5, 0.6) is 0 Å². The number of thiophene rings is 1. The van der Waals surface area contributed by atoms with Gasteiger partial charge in [-0.1, -0.05) is 200 Å². The fourth-order valence-corrected chi connectivity index (χ4v) is 12.5. The van der Waals surface area contributed by atoms with Crippen molar-refractivity contribution in [3.63, 3.8) is 0 Å². The molecular weight excluding hydrogens is 843 g/mol. The van der Waals surface area contributed by atoms with Gasteiger partial charge in [0.15, 0.2) is 5.58 Å². The topological polar surface area (TPSA) is 16.4 Å². The summed E-state index contributed by atoms with van der Waals surface area (Å²) in [6.45, 7) is 0. The molecule has 0 saturated heterocycles. The number of furan rings is 1. The predicted octanol–water partition coefficient (Wildman–Crippen LogP) is 18.3. The van der Waals surface area contributed by atoms with E-state index in [9.17, 15) is 0 Å². The lowest BCUT2D eigenvalue weighted by atomic mass is 9.67. The predicted molar refractivity (Wildman–Crippen MR) is 287 cm³/mol. The molecule has 0 atom stereocenters. The minimum atomic E-state index is -0.465. The van der Waals surface area contributed by atoms with E-state index in [1.807, 2.05) is 11.3 Å². The summed E-state index contributed by atoms with van der Waals surface area (Å²) in [7, 11) is 0. The third-order valence-electron chi connectivity index (χ3n) is 14.4. The van der Waals surface area contributed by atoms with Crippen LogP contribution < -0.4 is 4.90 Å². The van der Waals surface area contributed by atoms with E-state index in [1.165, 1.54) is 70.2 Å². The van der Waals surface area contributed by atoms with Crippen molar-refractivity contribution in [1.29, 1.82) is 0 Å². The first-order valence-electron chi connectivity index (χ1n) is 23.3. The number of para-hydroxylation sites is 1. The molecular formula is C65H41NOS. The van der Waals surface area contributed by atoms with Crippen LogP contribution in [0.4, 0.5) is 17.1 Å². The van der Waals surface area contributed by atoms with Gasteiger partial charge in [-0.25, -0.2) is 0 Å². The monoisotopic (exact) mass is 883 g/mol. The molecule has 11 aromatic carbocycles. The second kappa shape index (κ2) is 15.3. The van der Waals surface area contributed by atoms with Gasteiger partial charge in [0.05, 0.1) is 11.1 Å². The molecule has 2 heterocycles. The number of anilines is 3. The highest BCUT2D eigenvalue weighted by Crippen LogP contribution is 2.58. The minimum absolute atomic E-state index is 0.465. The second-order valence-corrected chi connectivity index (χ2v) is 19.0. The molecule has 13 aromatic rings. The molecule has 0 bridgehead atoms. The van der Waals surface area contributed by atoms with E-state index in [1.54, 1.807) is 0 Å². The summed E-state index contributed by atoms with van der Waals surface area (Å²) in [6, 6.07) is 91.1. The Morgan fingerprint density at radius 3 is 1.69 bits per heavy atom. The SMILES string of the molecule is c1ccc(C2(c3ccccc3)c3ccccc3-c3c(-c4ccc(N(c5ccc(-c6ccc7c(c6)sc6ccccc67)cc5)c5cccc6c5oc5c7ccccc7ccc65)cc4)cccc32)cc1. The van der Waals surface area contributed by atoms with Crippen molar-refractivity contribution in [2.75, 3.05) is 4.90 Å². The summed E-state index contributed by atoms with van der Waals surface area (Å²) in [5.41, 5.74) is 16.8. The van der Waals surface area contributed by atoms with Gasteiger partial charge < -0.3 is 9.32 Å². The maximum Gasteiger partial charge on any atom is 0.159 e. The lowest BCUT2D eigenvalue weighted by Gasteiger charge is -2.34. The average molecular weight is 884 g/mol. The molecule has 1 aliphatic rings. The molecule has 0 fully saturated rings. The Kier molecular flexibility index (Phi) is 8.71. The molecule has 0 N–H and O–H groups in total. The third kappa shape index (κ3) is 5.76. The van der Waals surface area contributed by atoms with E-state index in [4.69, 9.17) is 4.42 Å². The highest BCUT2D eigenvalue weighted by molar-refractivity contribution is 7.25. The zero-order valence-corrected chi connectivity index (χ0v) is 37.8. The van der Waals surface area contributed by atoms with Crippen molar-refractivity contribution in [3.8, 4) is 33.4 Å². The van der Waals surface area contributed by atoms with Crippen molar-refractivity contribution < 1.29 is 4.42 Å². The Hall–Kier alpha value is -8.50. The molecule has 0 amide bonds. The number of benzene rings is 11. The van der Waals surface area contributed by atoms with Crippen LogP contribution in [0.15, 0.2) is 253 Å². The van der Waals surface area contributed by atoms with Crippen molar-refractivity contribution in [1.82, 2.24) is 0 Å². The van der Waals surface area contributed by atoms with E-state index in [0.29, 0.717) is 0 Å². The quantitative estimate of drug-likeness (QED) is 0.159. The lowest BCUT2D eigenvalue weighted by molar-refractivity contribution is 0.673. The number of rotatable bonds is 7. The van der Waals surface area contributed by atoms with Crippen molar-refractivity contribution in [3.05, 3.63) is 271 Å². The normalized spacial score (nSPS) is 12.8. The van der Waals surface area contributed by atoms with Gasteiger partial charge in [0.2, 0.25) is 0 Å². The maximum absolute atomic E-state index is 7.01. The maximum atomic E-state index is 7.01. The molecule has 0 saturated carbocycles. The molecule has 68 heavy (non-hydrogen) atoms. The number of hydrogen-bond acceptors (Lipinski definition) is 3. The summed E-state index contributed by atoms with van der Waals surface area (Å²) in [5, 5.41) is 7.11. The minimum Gasteiger partial charge on any atom is -0.453 e. The molecule has 2 nitrogen and oxygen atoms in total.